The lowest BCUT2D eigenvalue weighted by Crippen LogP contribution is -2.39. The van der Waals surface area contributed by atoms with Gasteiger partial charge in [0.2, 0.25) is 11.7 Å². The molecule has 2 aromatic rings. The van der Waals surface area contributed by atoms with E-state index in [2.05, 4.69) is 20.3 Å². The molecule has 1 aliphatic heterocycles. The van der Waals surface area contributed by atoms with Crippen molar-refractivity contribution in [3.8, 4) is 0 Å². The first-order valence-corrected chi connectivity index (χ1v) is 8.76. The minimum absolute atomic E-state index is 0.0828. The fourth-order valence-corrected chi connectivity index (χ4v) is 3.08. The van der Waals surface area contributed by atoms with Crippen LogP contribution in [0.15, 0.2) is 23.2 Å². The van der Waals surface area contributed by atoms with Crippen LogP contribution in [0.4, 0.5) is 0 Å². The lowest BCUT2D eigenvalue weighted by Gasteiger charge is -2.31. The van der Waals surface area contributed by atoms with E-state index in [0.29, 0.717) is 37.0 Å². The normalized spacial score (nSPS) is 15.1. The van der Waals surface area contributed by atoms with Crippen molar-refractivity contribution in [2.24, 2.45) is 5.92 Å². The molecular formula is C18H23N5O3. The molecular weight excluding hydrogens is 334 g/mol. The van der Waals surface area contributed by atoms with E-state index < -0.39 is 0 Å². The Morgan fingerprint density at radius 2 is 1.88 bits per heavy atom. The molecule has 3 heterocycles. The number of hydrogen-bond donors (Lipinski definition) is 1. The van der Waals surface area contributed by atoms with Crippen LogP contribution in [-0.2, 0) is 17.8 Å². The van der Waals surface area contributed by atoms with Crippen molar-refractivity contribution in [1.29, 1.82) is 0 Å². The van der Waals surface area contributed by atoms with Gasteiger partial charge in [0.15, 0.2) is 6.39 Å². The molecule has 0 atom stereocenters. The third-order valence-corrected chi connectivity index (χ3v) is 4.62. The number of likely N-dealkylation sites (tertiary alicyclic amines) is 1. The number of aryl methyl sites for hydroxylation is 1. The summed E-state index contributed by atoms with van der Waals surface area (Å²) in [4.78, 5) is 37.9. The molecule has 1 N–H and O–H groups in total. The highest BCUT2D eigenvalue weighted by Crippen LogP contribution is 2.22. The molecule has 0 spiro atoms. The number of amides is 2. The molecule has 8 heteroatoms. The first kappa shape index (κ1) is 18.0. The Balaban J connectivity index is 1.49. The van der Waals surface area contributed by atoms with E-state index in [-0.39, 0.29) is 11.8 Å². The molecule has 26 heavy (non-hydrogen) atoms. The summed E-state index contributed by atoms with van der Waals surface area (Å²) in [6, 6.07) is 0. The number of carbonyl (C=O) groups excluding carboxylic acids is 2. The number of carbonyl (C=O) groups is 2. The van der Waals surface area contributed by atoms with E-state index in [0.717, 1.165) is 30.7 Å². The lowest BCUT2D eigenvalue weighted by molar-refractivity contribution is -0.119. The zero-order valence-electron chi connectivity index (χ0n) is 15.1. The number of piperidine rings is 1. The highest BCUT2D eigenvalue weighted by molar-refractivity contribution is 5.92. The van der Waals surface area contributed by atoms with Crippen molar-refractivity contribution in [2.45, 2.75) is 39.7 Å². The van der Waals surface area contributed by atoms with Crippen LogP contribution in [0.5, 0.6) is 0 Å². The van der Waals surface area contributed by atoms with Gasteiger partial charge in [-0.25, -0.2) is 4.98 Å². The monoisotopic (exact) mass is 357 g/mol. The fraction of sp³-hybridized carbons (Fsp3) is 0.500. The average Bonchev–Trinajstić information content (AvgIpc) is 3.07. The zero-order valence-corrected chi connectivity index (χ0v) is 15.1. The third kappa shape index (κ3) is 4.44. The van der Waals surface area contributed by atoms with Gasteiger partial charge in [0.1, 0.15) is 0 Å². The van der Waals surface area contributed by atoms with Crippen LogP contribution in [-0.4, -0.2) is 44.8 Å². The van der Waals surface area contributed by atoms with E-state index in [9.17, 15) is 9.59 Å². The number of oxazole rings is 1. The quantitative estimate of drug-likeness (QED) is 0.870. The van der Waals surface area contributed by atoms with Gasteiger partial charge >= 0.3 is 0 Å². The zero-order chi connectivity index (χ0) is 18.5. The van der Waals surface area contributed by atoms with Crippen LogP contribution in [0.1, 0.15) is 47.4 Å². The molecule has 0 aromatic carbocycles. The van der Waals surface area contributed by atoms with Gasteiger partial charge in [0.25, 0.3) is 5.91 Å². The van der Waals surface area contributed by atoms with Crippen LogP contribution < -0.4 is 5.32 Å². The van der Waals surface area contributed by atoms with Crippen molar-refractivity contribution >= 4 is 11.8 Å². The maximum atomic E-state index is 12.4. The first-order valence-electron chi connectivity index (χ1n) is 8.76. The maximum Gasteiger partial charge on any atom is 0.291 e. The Kier molecular flexibility index (Phi) is 5.60. The predicted molar refractivity (Wildman–Crippen MR) is 93.1 cm³/mol. The Morgan fingerprint density at radius 3 is 2.46 bits per heavy atom. The van der Waals surface area contributed by atoms with E-state index in [1.807, 2.05) is 4.90 Å². The van der Waals surface area contributed by atoms with Gasteiger partial charge in [0, 0.05) is 26.2 Å². The second-order valence-electron chi connectivity index (χ2n) is 6.62. The van der Waals surface area contributed by atoms with Crippen LogP contribution in [0.25, 0.3) is 0 Å². The molecule has 0 unspecified atom stereocenters. The number of rotatable bonds is 5. The molecule has 3 rings (SSSR count). The largest absolute Gasteiger partial charge is 0.438 e. The summed E-state index contributed by atoms with van der Waals surface area (Å²) in [5, 5.41) is 2.70. The highest BCUT2D eigenvalue weighted by Gasteiger charge is 2.26. The Morgan fingerprint density at radius 1 is 1.19 bits per heavy atom. The van der Waals surface area contributed by atoms with Gasteiger partial charge < -0.3 is 14.6 Å². The Labute approximate surface area is 152 Å². The fourth-order valence-electron chi connectivity index (χ4n) is 3.08. The second kappa shape index (κ2) is 8.07. The van der Waals surface area contributed by atoms with E-state index in [1.165, 1.54) is 13.3 Å². The number of nitrogens with one attached hydrogen (secondary N) is 1. The van der Waals surface area contributed by atoms with Crippen molar-refractivity contribution in [3.63, 3.8) is 0 Å². The highest BCUT2D eigenvalue weighted by atomic mass is 16.3. The van der Waals surface area contributed by atoms with Crippen molar-refractivity contribution < 1.29 is 14.0 Å². The molecule has 138 valence electrons. The van der Waals surface area contributed by atoms with E-state index >= 15 is 0 Å². The smallest absolute Gasteiger partial charge is 0.291 e. The summed E-state index contributed by atoms with van der Waals surface area (Å²) in [7, 11) is 0. The van der Waals surface area contributed by atoms with Crippen LogP contribution in [0.2, 0.25) is 0 Å². The topological polar surface area (TPSA) is 101 Å². The van der Waals surface area contributed by atoms with Crippen LogP contribution >= 0.6 is 0 Å². The summed E-state index contributed by atoms with van der Waals surface area (Å²) in [6.07, 6.45) is 7.48. The molecule has 2 aromatic heterocycles. The van der Waals surface area contributed by atoms with Gasteiger partial charge in [0.05, 0.1) is 29.8 Å². The molecule has 1 aliphatic rings. The standard InChI is InChI=1S/C18H23N5O3/c1-12-17(26-11-22-12)18(25)23-5-3-14(4-6-23)7-15-8-21-16(10-20-15)9-19-13(2)24/h8,10-11,14H,3-7,9H2,1-2H3,(H,19,24). The second-order valence-corrected chi connectivity index (χ2v) is 6.62. The summed E-state index contributed by atoms with van der Waals surface area (Å²) < 4.78 is 5.20. The molecule has 0 radical (unpaired) electrons. The maximum absolute atomic E-state index is 12.4. The summed E-state index contributed by atoms with van der Waals surface area (Å²) in [5.74, 6) is 0.646. The van der Waals surface area contributed by atoms with Gasteiger partial charge in [-0.15, -0.1) is 0 Å². The molecule has 0 bridgehead atoms. The summed E-state index contributed by atoms with van der Waals surface area (Å²) in [6.45, 7) is 5.06. The summed E-state index contributed by atoms with van der Waals surface area (Å²) >= 11 is 0. The molecule has 2 amide bonds. The predicted octanol–water partition coefficient (Wildman–Crippen LogP) is 1.50. The molecule has 1 saturated heterocycles. The third-order valence-electron chi connectivity index (χ3n) is 4.62. The van der Waals surface area contributed by atoms with Gasteiger partial charge in [-0.3, -0.25) is 19.6 Å². The molecule has 8 nitrogen and oxygen atoms in total. The van der Waals surface area contributed by atoms with Gasteiger partial charge in [-0.05, 0) is 32.1 Å². The number of aromatic nitrogens is 3. The SMILES string of the molecule is CC(=O)NCc1cnc(CC2CCN(C(=O)c3ocnc3C)CC2)cn1. The van der Waals surface area contributed by atoms with Crippen LogP contribution in [0, 0.1) is 12.8 Å². The van der Waals surface area contributed by atoms with Gasteiger partial charge in [-0.2, -0.15) is 0 Å². The average molecular weight is 357 g/mol. The van der Waals surface area contributed by atoms with E-state index in [1.54, 1.807) is 19.3 Å². The lowest BCUT2D eigenvalue weighted by atomic mass is 9.92. The summed E-state index contributed by atoms with van der Waals surface area (Å²) in [5.41, 5.74) is 2.31. The molecule has 0 saturated carbocycles. The molecule has 1 fully saturated rings. The Hall–Kier alpha value is -2.77. The number of nitrogens with zero attached hydrogens (tertiary/aromatic N) is 4. The number of hydrogen-bond acceptors (Lipinski definition) is 6. The minimum atomic E-state index is -0.0855. The van der Waals surface area contributed by atoms with Crippen molar-refractivity contribution in [3.05, 3.63) is 41.6 Å². The first-order chi connectivity index (χ1) is 12.5. The molecule has 0 aliphatic carbocycles. The van der Waals surface area contributed by atoms with Crippen molar-refractivity contribution in [1.82, 2.24) is 25.2 Å². The minimum Gasteiger partial charge on any atom is -0.438 e. The van der Waals surface area contributed by atoms with Crippen molar-refractivity contribution in [2.75, 3.05) is 13.1 Å². The van der Waals surface area contributed by atoms with E-state index in [4.69, 9.17) is 4.42 Å². The van der Waals surface area contributed by atoms with Crippen LogP contribution in [0.3, 0.4) is 0 Å². The van der Waals surface area contributed by atoms with Gasteiger partial charge in [-0.1, -0.05) is 0 Å². The Bertz CT molecular complexity index is 763.